The van der Waals surface area contributed by atoms with Gasteiger partial charge in [0.15, 0.2) is 0 Å². The maximum atomic E-state index is 13.1. The van der Waals surface area contributed by atoms with Crippen LogP contribution in [0, 0.1) is 5.92 Å². The van der Waals surface area contributed by atoms with Crippen LogP contribution in [0.1, 0.15) is 44.6 Å². The molecular weight excluding hydrogens is 315 g/mol. The van der Waals surface area contributed by atoms with Gasteiger partial charge in [0, 0.05) is 6.61 Å². The Kier molecular flexibility index (Phi) is 6.01. The summed E-state index contributed by atoms with van der Waals surface area (Å²) in [6.45, 7) is 2.33. The number of carboxylic acids is 1. The molecule has 1 aromatic rings. The highest BCUT2D eigenvalue weighted by Crippen LogP contribution is 2.64. The van der Waals surface area contributed by atoms with Crippen molar-refractivity contribution in [2.75, 3.05) is 6.61 Å². The fourth-order valence-corrected chi connectivity index (χ4v) is 5.58. The van der Waals surface area contributed by atoms with E-state index in [1.165, 1.54) is 0 Å². The van der Waals surface area contributed by atoms with Crippen LogP contribution in [0.5, 0.6) is 0 Å². The maximum Gasteiger partial charge on any atom is 0.306 e. The molecule has 23 heavy (non-hydrogen) atoms. The Morgan fingerprint density at radius 1 is 1.39 bits per heavy atom. The Labute approximate surface area is 137 Å². The smallest absolute Gasteiger partial charge is 0.306 e. The molecule has 2 rings (SSSR count). The highest BCUT2D eigenvalue weighted by molar-refractivity contribution is 7.58. The van der Waals surface area contributed by atoms with Gasteiger partial charge < -0.3 is 14.7 Å². The topological polar surface area (TPSA) is 83.8 Å². The summed E-state index contributed by atoms with van der Waals surface area (Å²) < 4.78 is 18.8. The van der Waals surface area contributed by atoms with Gasteiger partial charge >= 0.3 is 5.97 Å². The lowest BCUT2D eigenvalue weighted by Gasteiger charge is -2.35. The van der Waals surface area contributed by atoms with Crippen LogP contribution < -0.4 is 0 Å². The minimum Gasteiger partial charge on any atom is -0.481 e. The molecule has 3 unspecified atom stereocenters. The van der Waals surface area contributed by atoms with Crippen molar-refractivity contribution in [3.8, 4) is 0 Å². The van der Waals surface area contributed by atoms with Crippen molar-refractivity contribution in [3.05, 3.63) is 35.9 Å². The molecule has 0 aromatic heterocycles. The molecule has 1 aromatic carbocycles. The van der Waals surface area contributed by atoms with E-state index in [2.05, 4.69) is 0 Å². The van der Waals surface area contributed by atoms with Crippen molar-refractivity contribution < 1.29 is 24.1 Å². The molecule has 3 atom stereocenters. The second kappa shape index (κ2) is 7.61. The van der Waals surface area contributed by atoms with E-state index in [4.69, 9.17) is 4.74 Å². The van der Waals surface area contributed by atoms with Crippen LogP contribution in [0.15, 0.2) is 30.3 Å². The third-order valence-electron chi connectivity index (χ3n) is 4.51. The Bertz CT molecular complexity index is 566. The molecule has 0 amide bonds. The monoisotopic (exact) mass is 340 g/mol. The number of hydrogen-bond acceptors (Lipinski definition) is 3. The van der Waals surface area contributed by atoms with Crippen LogP contribution in [0.25, 0.3) is 0 Å². The van der Waals surface area contributed by atoms with Crippen LogP contribution in [0.2, 0.25) is 0 Å². The van der Waals surface area contributed by atoms with Gasteiger partial charge in [0.25, 0.3) is 0 Å². The maximum absolute atomic E-state index is 13.1. The van der Waals surface area contributed by atoms with E-state index in [0.717, 1.165) is 12.0 Å². The molecule has 0 radical (unpaired) electrons. The normalized spacial score (nSPS) is 25.0. The number of carbonyl (C=O) groups is 1. The van der Waals surface area contributed by atoms with Crippen LogP contribution in [-0.2, 0) is 20.3 Å². The second-order valence-electron chi connectivity index (χ2n) is 6.27. The van der Waals surface area contributed by atoms with E-state index in [0.29, 0.717) is 25.9 Å². The quantitative estimate of drug-likeness (QED) is 0.702. The number of rotatable bonds is 8. The Balaban J connectivity index is 2.24. The number of hydrogen-bond donors (Lipinski definition) is 2. The summed E-state index contributed by atoms with van der Waals surface area (Å²) >= 11 is 0. The predicted octanol–water partition coefficient (Wildman–Crippen LogP) is 3.85. The van der Waals surface area contributed by atoms with E-state index in [-0.39, 0.29) is 12.6 Å². The lowest BCUT2D eigenvalue weighted by molar-refractivity contribution is -0.143. The standard InChI is InChI=1S/C17H25O5P/c1-2-7-15(16(18)19)12-17(10-6-11-22-17)23(20,21)13-14-8-4-3-5-9-14/h3-5,8-9,15H,2,6-7,10-13H2,1H3,(H,18,19)(H,20,21). The van der Waals surface area contributed by atoms with Crippen molar-refractivity contribution in [2.45, 2.75) is 50.5 Å². The molecule has 0 spiro atoms. The number of aliphatic carboxylic acids is 1. The van der Waals surface area contributed by atoms with Crippen molar-refractivity contribution in [1.82, 2.24) is 0 Å². The summed E-state index contributed by atoms with van der Waals surface area (Å²) in [6, 6.07) is 9.14. The van der Waals surface area contributed by atoms with Crippen molar-refractivity contribution in [3.63, 3.8) is 0 Å². The largest absolute Gasteiger partial charge is 0.481 e. The highest BCUT2D eigenvalue weighted by atomic mass is 31.2. The first-order valence-corrected chi connectivity index (χ1v) is 9.97. The first-order chi connectivity index (χ1) is 10.9. The number of ether oxygens (including phenoxy) is 1. The van der Waals surface area contributed by atoms with E-state index in [1.54, 1.807) is 0 Å². The second-order valence-corrected chi connectivity index (χ2v) is 8.81. The fraction of sp³-hybridized carbons (Fsp3) is 0.588. The average molecular weight is 340 g/mol. The molecule has 0 aliphatic carbocycles. The lowest BCUT2D eigenvalue weighted by atomic mass is 9.95. The molecule has 2 N–H and O–H groups in total. The van der Waals surface area contributed by atoms with Gasteiger partial charge in [-0.25, -0.2) is 0 Å². The SMILES string of the molecule is CCCC(CC1(P(=O)(O)Cc2ccccc2)CCCO1)C(=O)O. The number of carboxylic acid groups (broad SMARTS) is 1. The van der Waals surface area contributed by atoms with E-state index in [9.17, 15) is 19.4 Å². The predicted molar refractivity (Wildman–Crippen MR) is 88.5 cm³/mol. The van der Waals surface area contributed by atoms with Crippen molar-refractivity contribution in [1.29, 1.82) is 0 Å². The summed E-state index contributed by atoms with van der Waals surface area (Å²) in [6.07, 6.45) is 2.48. The van der Waals surface area contributed by atoms with Gasteiger partial charge in [-0.15, -0.1) is 0 Å². The van der Waals surface area contributed by atoms with E-state index in [1.807, 2.05) is 37.3 Å². The molecule has 0 saturated carbocycles. The average Bonchev–Trinajstić information content (AvgIpc) is 2.98. The van der Waals surface area contributed by atoms with Gasteiger partial charge in [-0.05, 0) is 31.2 Å². The molecule has 6 heteroatoms. The van der Waals surface area contributed by atoms with Crippen LogP contribution >= 0.6 is 7.37 Å². The third kappa shape index (κ3) is 4.23. The zero-order valence-electron chi connectivity index (χ0n) is 13.5. The molecule has 1 heterocycles. The Morgan fingerprint density at radius 2 is 2.09 bits per heavy atom. The van der Waals surface area contributed by atoms with Gasteiger partial charge in [-0.1, -0.05) is 43.7 Å². The first kappa shape index (κ1) is 18.2. The molecule has 5 nitrogen and oxygen atoms in total. The summed E-state index contributed by atoms with van der Waals surface area (Å²) in [5.74, 6) is -1.56. The molecule has 0 bridgehead atoms. The van der Waals surface area contributed by atoms with Crippen molar-refractivity contribution >= 4 is 13.3 Å². The fourth-order valence-electron chi connectivity index (χ4n) is 3.28. The zero-order chi connectivity index (χ0) is 16.9. The number of benzene rings is 1. The van der Waals surface area contributed by atoms with Gasteiger partial charge in [0.2, 0.25) is 7.37 Å². The van der Waals surface area contributed by atoms with Crippen LogP contribution in [0.3, 0.4) is 0 Å². The molecular formula is C17H25O5P. The first-order valence-electron chi connectivity index (χ1n) is 8.13. The summed E-state index contributed by atoms with van der Waals surface area (Å²) in [5.41, 5.74) is 0.774. The van der Waals surface area contributed by atoms with Gasteiger partial charge in [-0.3, -0.25) is 9.36 Å². The minimum absolute atomic E-state index is 0.0201. The van der Waals surface area contributed by atoms with Crippen LogP contribution in [0.4, 0.5) is 0 Å². The summed E-state index contributed by atoms with van der Waals surface area (Å²) in [7, 11) is -3.70. The van der Waals surface area contributed by atoms with Gasteiger partial charge in [0.1, 0.15) is 5.34 Å². The lowest BCUT2D eigenvalue weighted by Crippen LogP contribution is -2.34. The molecule has 1 aliphatic rings. The Morgan fingerprint density at radius 3 is 2.61 bits per heavy atom. The summed E-state index contributed by atoms with van der Waals surface area (Å²) in [5, 5.41) is 8.19. The van der Waals surface area contributed by atoms with Gasteiger partial charge in [-0.2, -0.15) is 0 Å². The van der Waals surface area contributed by atoms with E-state index < -0.39 is 24.6 Å². The zero-order valence-corrected chi connectivity index (χ0v) is 14.4. The minimum atomic E-state index is -3.70. The summed E-state index contributed by atoms with van der Waals surface area (Å²) in [4.78, 5) is 22.2. The molecule has 1 fully saturated rings. The third-order valence-corrected chi connectivity index (χ3v) is 7.11. The van der Waals surface area contributed by atoms with Gasteiger partial charge in [0.05, 0.1) is 12.1 Å². The molecule has 128 valence electrons. The van der Waals surface area contributed by atoms with E-state index >= 15 is 0 Å². The van der Waals surface area contributed by atoms with Crippen molar-refractivity contribution in [2.24, 2.45) is 5.92 Å². The Hall–Kier alpha value is -1.16. The molecule has 1 aliphatic heterocycles. The molecule has 1 saturated heterocycles. The highest BCUT2D eigenvalue weighted by Gasteiger charge is 2.52. The van der Waals surface area contributed by atoms with Crippen LogP contribution in [-0.4, -0.2) is 27.9 Å².